The first kappa shape index (κ1) is 18.5. The lowest BCUT2D eigenvalue weighted by Crippen LogP contribution is -2.30. The van der Waals surface area contributed by atoms with E-state index < -0.39 is 10.0 Å². The lowest BCUT2D eigenvalue weighted by molar-refractivity contribution is 0.474. The van der Waals surface area contributed by atoms with Crippen molar-refractivity contribution in [2.45, 2.75) is 77.0 Å². The van der Waals surface area contributed by atoms with E-state index in [2.05, 4.69) is 53.7 Å². The summed E-state index contributed by atoms with van der Waals surface area (Å²) in [6, 6.07) is 4.23. The second-order valence-electron chi connectivity index (χ2n) is 7.60. The van der Waals surface area contributed by atoms with Gasteiger partial charge in [0.15, 0.2) is 0 Å². The summed E-state index contributed by atoms with van der Waals surface area (Å²) in [5.41, 5.74) is 3.19. The largest absolute Gasteiger partial charge is 0.243 e. The summed E-state index contributed by atoms with van der Waals surface area (Å²) < 4.78 is 28.3. The SMILES string of the molecule is CC(C)c1cc(C(C)C)c(S(=O)(=O)N2CCCC2)c(C(C)C)c1. The molecule has 1 aromatic rings. The van der Waals surface area contributed by atoms with Crippen LogP contribution < -0.4 is 0 Å². The first-order chi connectivity index (χ1) is 10.7. The monoisotopic (exact) mass is 337 g/mol. The molecule has 1 saturated heterocycles. The van der Waals surface area contributed by atoms with Crippen molar-refractivity contribution in [3.8, 4) is 0 Å². The molecule has 1 heterocycles. The lowest BCUT2D eigenvalue weighted by Gasteiger charge is -2.25. The van der Waals surface area contributed by atoms with Gasteiger partial charge in [0, 0.05) is 13.1 Å². The maximum Gasteiger partial charge on any atom is 0.243 e. The van der Waals surface area contributed by atoms with Gasteiger partial charge in [0.05, 0.1) is 4.90 Å². The topological polar surface area (TPSA) is 37.4 Å². The van der Waals surface area contributed by atoms with Crippen LogP contribution in [0, 0.1) is 0 Å². The molecule has 23 heavy (non-hydrogen) atoms. The summed E-state index contributed by atoms with van der Waals surface area (Å²) in [4.78, 5) is 0.578. The highest BCUT2D eigenvalue weighted by molar-refractivity contribution is 7.89. The maximum atomic E-state index is 13.3. The first-order valence-corrected chi connectivity index (χ1v) is 10.3. The Labute approximate surface area is 142 Å². The van der Waals surface area contributed by atoms with Crippen molar-refractivity contribution < 1.29 is 8.42 Å². The van der Waals surface area contributed by atoms with Crippen molar-refractivity contribution in [3.05, 3.63) is 28.8 Å². The number of sulfonamides is 1. The summed E-state index contributed by atoms with van der Waals surface area (Å²) in [6.45, 7) is 14.0. The third kappa shape index (κ3) is 3.63. The molecule has 0 aromatic heterocycles. The van der Waals surface area contributed by atoms with Gasteiger partial charge < -0.3 is 0 Å². The van der Waals surface area contributed by atoms with Gasteiger partial charge in [0.2, 0.25) is 10.0 Å². The Morgan fingerprint density at radius 3 is 1.61 bits per heavy atom. The number of nitrogens with zero attached hydrogens (tertiary/aromatic N) is 1. The molecule has 1 aliphatic heterocycles. The summed E-state index contributed by atoms with van der Waals surface area (Å²) >= 11 is 0. The van der Waals surface area contributed by atoms with Crippen molar-refractivity contribution in [1.82, 2.24) is 4.31 Å². The molecule has 0 unspecified atom stereocenters. The fraction of sp³-hybridized carbons (Fsp3) is 0.684. The summed E-state index contributed by atoms with van der Waals surface area (Å²) in [5.74, 6) is 0.783. The molecule has 0 N–H and O–H groups in total. The van der Waals surface area contributed by atoms with Crippen LogP contribution in [-0.2, 0) is 10.0 Å². The van der Waals surface area contributed by atoms with E-state index in [1.807, 2.05) is 0 Å². The minimum Gasteiger partial charge on any atom is -0.207 e. The van der Waals surface area contributed by atoms with Crippen LogP contribution in [0.15, 0.2) is 17.0 Å². The molecule has 1 fully saturated rings. The number of hydrogen-bond acceptors (Lipinski definition) is 2. The Hall–Kier alpha value is -0.870. The Bertz CT molecular complexity index is 625. The highest BCUT2D eigenvalue weighted by Crippen LogP contribution is 2.37. The Morgan fingerprint density at radius 1 is 0.826 bits per heavy atom. The average Bonchev–Trinajstić information content (AvgIpc) is 3.00. The molecule has 1 aromatic carbocycles. The predicted octanol–water partition coefficient (Wildman–Crippen LogP) is 4.84. The molecule has 0 atom stereocenters. The van der Waals surface area contributed by atoms with Gasteiger partial charge in [-0.25, -0.2) is 8.42 Å². The summed E-state index contributed by atoms with van der Waals surface area (Å²) in [6.07, 6.45) is 1.94. The molecule has 0 spiro atoms. The smallest absolute Gasteiger partial charge is 0.207 e. The second-order valence-corrected chi connectivity index (χ2v) is 9.48. The van der Waals surface area contributed by atoms with Gasteiger partial charge in [0.25, 0.3) is 0 Å². The van der Waals surface area contributed by atoms with Gasteiger partial charge in [-0.1, -0.05) is 53.7 Å². The summed E-state index contributed by atoms with van der Waals surface area (Å²) in [7, 11) is -3.40. The normalized spacial score (nSPS) is 16.9. The fourth-order valence-corrected chi connectivity index (χ4v) is 5.43. The van der Waals surface area contributed by atoms with Crippen LogP contribution in [0.25, 0.3) is 0 Å². The Kier molecular flexibility index (Phi) is 5.57. The van der Waals surface area contributed by atoms with Crippen LogP contribution in [0.4, 0.5) is 0 Å². The van der Waals surface area contributed by atoms with E-state index >= 15 is 0 Å². The molecule has 2 rings (SSSR count). The molecule has 3 nitrogen and oxygen atoms in total. The van der Waals surface area contributed by atoms with E-state index in [4.69, 9.17) is 0 Å². The molecule has 0 aliphatic carbocycles. The first-order valence-electron chi connectivity index (χ1n) is 8.84. The third-order valence-corrected chi connectivity index (χ3v) is 6.77. The molecule has 0 saturated carbocycles. The van der Waals surface area contributed by atoms with Crippen LogP contribution in [0.2, 0.25) is 0 Å². The standard InChI is InChI=1S/C19H31NO2S/c1-13(2)16-11-17(14(3)4)19(18(12-16)15(5)6)23(21,22)20-9-7-8-10-20/h11-15H,7-10H2,1-6H3. The van der Waals surface area contributed by atoms with Gasteiger partial charge in [-0.15, -0.1) is 0 Å². The van der Waals surface area contributed by atoms with Gasteiger partial charge in [0.1, 0.15) is 0 Å². The minimum atomic E-state index is -3.40. The van der Waals surface area contributed by atoms with Gasteiger partial charge in [-0.2, -0.15) is 4.31 Å². The van der Waals surface area contributed by atoms with E-state index in [0.717, 1.165) is 24.0 Å². The zero-order valence-electron chi connectivity index (χ0n) is 15.4. The van der Waals surface area contributed by atoms with E-state index in [-0.39, 0.29) is 11.8 Å². The minimum absolute atomic E-state index is 0.193. The zero-order chi connectivity index (χ0) is 17.4. The molecule has 130 valence electrons. The molecule has 0 radical (unpaired) electrons. The average molecular weight is 338 g/mol. The number of rotatable bonds is 5. The molecule has 0 amide bonds. The predicted molar refractivity (Wildman–Crippen MR) is 96.7 cm³/mol. The highest BCUT2D eigenvalue weighted by Gasteiger charge is 2.33. The lowest BCUT2D eigenvalue weighted by atomic mass is 9.89. The van der Waals surface area contributed by atoms with E-state index in [0.29, 0.717) is 23.9 Å². The zero-order valence-corrected chi connectivity index (χ0v) is 16.2. The number of benzene rings is 1. The van der Waals surface area contributed by atoms with E-state index in [9.17, 15) is 8.42 Å². The Morgan fingerprint density at radius 2 is 1.26 bits per heavy atom. The molecular formula is C19H31NO2S. The van der Waals surface area contributed by atoms with Crippen molar-refractivity contribution in [2.24, 2.45) is 0 Å². The fourth-order valence-electron chi connectivity index (χ4n) is 3.25. The van der Waals surface area contributed by atoms with E-state index in [1.54, 1.807) is 4.31 Å². The van der Waals surface area contributed by atoms with Crippen LogP contribution >= 0.6 is 0 Å². The maximum absolute atomic E-state index is 13.3. The van der Waals surface area contributed by atoms with Gasteiger partial charge in [-0.3, -0.25) is 0 Å². The van der Waals surface area contributed by atoms with Crippen LogP contribution in [-0.4, -0.2) is 25.8 Å². The van der Waals surface area contributed by atoms with Crippen molar-refractivity contribution >= 4 is 10.0 Å². The van der Waals surface area contributed by atoms with Gasteiger partial charge in [-0.05, 0) is 47.3 Å². The molecule has 1 aliphatic rings. The second kappa shape index (κ2) is 6.94. The quantitative estimate of drug-likeness (QED) is 0.771. The molecular weight excluding hydrogens is 306 g/mol. The van der Waals surface area contributed by atoms with Crippen molar-refractivity contribution in [2.75, 3.05) is 13.1 Å². The van der Waals surface area contributed by atoms with Crippen molar-refractivity contribution in [1.29, 1.82) is 0 Å². The number of hydrogen-bond donors (Lipinski definition) is 0. The molecule has 4 heteroatoms. The van der Waals surface area contributed by atoms with Crippen LogP contribution in [0.1, 0.15) is 88.8 Å². The Balaban J connectivity index is 2.73. The van der Waals surface area contributed by atoms with Crippen molar-refractivity contribution in [3.63, 3.8) is 0 Å². The highest BCUT2D eigenvalue weighted by atomic mass is 32.2. The molecule has 0 bridgehead atoms. The summed E-state index contributed by atoms with van der Waals surface area (Å²) in [5, 5.41) is 0. The van der Waals surface area contributed by atoms with Gasteiger partial charge >= 0.3 is 0 Å². The third-order valence-electron chi connectivity index (χ3n) is 4.74. The van der Waals surface area contributed by atoms with Crippen LogP contribution in [0.3, 0.4) is 0 Å². The van der Waals surface area contributed by atoms with E-state index in [1.165, 1.54) is 5.56 Å². The van der Waals surface area contributed by atoms with Crippen LogP contribution in [0.5, 0.6) is 0 Å².